The smallest absolute Gasteiger partial charge is 0.293 e. The van der Waals surface area contributed by atoms with Crippen molar-refractivity contribution in [3.8, 4) is 0 Å². The molecule has 0 unspecified atom stereocenters. The molecule has 0 radical (unpaired) electrons. The molecule has 0 aliphatic carbocycles. The van der Waals surface area contributed by atoms with E-state index in [0.29, 0.717) is 24.8 Å². The molecular weight excluding hydrogens is 240 g/mol. The fraction of sp³-hybridized carbons (Fsp3) is 0.357. The van der Waals surface area contributed by atoms with E-state index in [1.54, 1.807) is 23.2 Å². The van der Waals surface area contributed by atoms with Gasteiger partial charge in [0.1, 0.15) is 0 Å². The molecule has 5 nitrogen and oxygen atoms in total. The van der Waals surface area contributed by atoms with Gasteiger partial charge >= 0.3 is 0 Å². The maximum atomic E-state index is 12.1. The van der Waals surface area contributed by atoms with Gasteiger partial charge in [-0.1, -0.05) is 19.9 Å². The van der Waals surface area contributed by atoms with Crippen LogP contribution in [0.3, 0.4) is 0 Å². The van der Waals surface area contributed by atoms with Gasteiger partial charge in [0.25, 0.3) is 5.56 Å². The van der Waals surface area contributed by atoms with Crippen LogP contribution in [-0.4, -0.2) is 14.5 Å². The van der Waals surface area contributed by atoms with Crippen LogP contribution in [0.2, 0.25) is 0 Å². The first kappa shape index (κ1) is 13.3. The zero-order chi connectivity index (χ0) is 13.7. The van der Waals surface area contributed by atoms with Crippen molar-refractivity contribution < 1.29 is 0 Å². The first-order valence-electron chi connectivity index (χ1n) is 6.36. The SMILES string of the molecule is CC(C)Cn1ccnc(NCc2ccccn2)c1=O. The number of hydrogen-bond donors (Lipinski definition) is 1. The molecule has 0 fully saturated rings. The summed E-state index contributed by atoms with van der Waals surface area (Å²) in [7, 11) is 0. The lowest BCUT2D eigenvalue weighted by Gasteiger charge is -2.10. The van der Waals surface area contributed by atoms with Gasteiger partial charge in [-0.25, -0.2) is 4.98 Å². The molecule has 0 aliphatic rings. The Morgan fingerprint density at radius 2 is 2.11 bits per heavy atom. The molecule has 5 heteroatoms. The lowest BCUT2D eigenvalue weighted by atomic mass is 10.2. The van der Waals surface area contributed by atoms with E-state index in [1.165, 1.54) is 0 Å². The summed E-state index contributed by atoms with van der Waals surface area (Å²) in [6.07, 6.45) is 5.09. The second-order valence-electron chi connectivity index (χ2n) is 4.80. The average Bonchev–Trinajstić information content (AvgIpc) is 2.40. The zero-order valence-corrected chi connectivity index (χ0v) is 11.2. The van der Waals surface area contributed by atoms with Crippen LogP contribution in [-0.2, 0) is 13.1 Å². The Hall–Kier alpha value is -2.17. The van der Waals surface area contributed by atoms with Gasteiger partial charge in [0.05, 0.1) is 12.2 Å². The van der Waals surface area contributed by atoms with Gasteiger partial charge in [-0.2, -0.15) is 0 Å². The first-order chi connectivity index (χ1) is 9.16. The number of nitrogens with zero attached hydrogens (tertiary/aromatic N) is 3. The van der Waals surface area contributed by atoms with Crippen molar-refractivity contribution in [3.63, 3.8) is 0 Å². The van der Waals surface area contributed by atoms with Gasteiger partial charge < -0.3 is 9.88 Å². The van der Waals surface area contributed by atoms with Crippen LogP contribution in [0.15, 0.2) is 41.6 Å². The largest absolute Gasteiger partial charge is 0.360 e. The highest BCUT2D eigenvalue weighted by atomic mass is 16.1. The number of hydrogen-bond acceptors (Lipinski definition) is 4. The Kier molecular flexibility index (Phi) is 4.28. The lowest BCUT2D eigenvalue weighted by Crippen LogP contribution is -2.26. The highest BCUT2D eigenvalue weighted by molar-refractivity contribution is 5.31. The quantitative estimate of drug-likeness (QED) is 0.890. The summed E-state index contributed by atoms with van der Waals surface area (Å²) in [5.41, 5.74) is 0.787. The summed E-state index contributed by atoms with van der Waals surface area (Å²) < 4.78 is 1.68. The van der Waals surface area contributed by atoms with Crippen LogP contribution in [0.25, 0.3) is 0 Å². The van der Waals surface area contributed by atoms with Gasteiger partial charge in [0, 0.05) is 25.1 Å². The molecule has 0 saturated heterocycles. The summed E-state index contributed by atoms with van der Waals surface area (Å²) in [5, 5.41) is 3.04. The van der Waals surface area contributed by atoms with Gasteiger partial charge in [-0.05, 0) is 18.1 Å². The first-order valence-corrected chi connectivity index (χ1v) is 6.36. The average molecular weight is 258 g/mol. The third kappa shape index (κ3) is 3.64. The second-order valence-corrected chi connectivity index (χ2v) is 4.80. The molecule has 19 heavy (non-hydrogen) atoms. The number of nitrogens with one attached hydrogen (secondary N) is 1. The van der Waals surface area contributed by atoms with Crippen molar-refractivity contribution in [1.29, 1.82) is 0 Å². The molecular formula is C14H18N4O. The van der Waals surface area contributed by atoms with Crippen molar-refractivity contribution in [2.45, 2.75) is 26.9 Å². The number of aromatic nitrogens is 3. The van der Waals surface area contributed by atoms with Crippen LogP contribution < -0.4 is 10.9 Å². The summed E-state index contributed by atoms with van der Waals surface area (Å²) in [5.74, 6) is 0.789. The van der Waals surface area contributed by atoms with E-state index < -0.39 is 0 Å². The van der Waals surface area contributed by atoms with E-state index in [9.17, 15) is 4.79 Å². The summed E-state index contributed by atoms with van der Waals surface area (Å²) >= 11 is 0. The van der Waals surface area contributed by atoms with Crippen molar-refractivity contribution in [3.05, 3.63) is 52.8 Å². The van der Waals surface area contributed by atoms with E-state index in [1.807, 2.05) is 18.2 Å². The standard InChI is InChI=1S/C14H18N4O/c1-11(2)10-18-8-7-16-13(14(18)19)17-9-12-5-3-4-6-15-12/h3-8,11H,9-10H2,1-2H3,(H,16,17). The van der Waals surface area contributed by atoms with E-state index >= 15 is 0 Å². The number of pyridine rings is 1. The van der Waals surface area contributed by atoms with Crippen molar-refractivity contribution >= 4 is 5.82 Å². The van der Waals surface area contributed by atoms with Crippen LogP contribution in [0, 0.1) is 5.92 Å². The highest BCUT2D eigenvalue weighted by Gasteiger charge is 2.05. The van der Waals surface area contributed by atoms with Gasteiger partial charge in [0.2, 0.25) is 0 Å². The molecule has 0 aromatic carbocycles. The highest BCUT2D eigenvalue weighted by Crippen LogP contribution is 2.01. The van der Waals surface area contributed by atoms with Gasteiger partial charge in [0.15, 0.2) is 5.82 Å². The van der Waals surface area contributed by atoms with Crippen molar-refractivity contribution in [1.82, 2.24) is 14.5 Å². The normalized spacial score (nSPS) is 10.7. The fourth-order valence-corrected chi connectivity index (χ4v) is 1.78. The summed E-state index contributed by atoms with van der Waals surface area (Å²) in [6.45, 7) is 5.34. The molecule has 2 heterocycles. The second kappa shape index (κ2) is 6.13. The maximum absolute atomic E-state index is 12.1. The topological polar surface area (TPSA) is 59.8 Å². The lowest BCUT2D eigenvalue weighted by molar-refractivity contribution is 0.509. The molecule has 100 valence electrons. The minimum absolute atomic E-state index is 0.0906. The number of rotatable bonds is 5. The van der Waals surface area contributed by atoms with Crippen LogP contribution in [0.5, 0.6) is 0 Å². The zero-order valence-electron chi connectivity index (χ0n) is 11.2. The molecule has 0 saturated carbocycles. The molecule has 0 bridgehead atoms. The van der Waals surface area contributed by atoms with Crippen molar-refractivity contribution in [2.24, 2.45) is 5.92 Å². The van der Waals surface area contributed by atoms with E-state index in [2.05, 4.69) is 29.1 Å². The van der Waals surface area contributed by atoms with Gasteiger partial charge in [-0.15, -0.1) is 0 Å². The van der Waals surface area contributed by atoms with Crippen LogP contribution >= 0.6 is 0 Å². The molecule has 2 aromatic rings. The van der Waals surface area contributed by atoms with Crippen molar-refractivity contribution in [2.75, 3.05) is 5.32 Å². The Labute approximate surface area is 112 Å². The minimum atomic E-state index is -0.0906. The Bertz CT molecular complexity index is 577. The molecule has 0 spiro atoms. The fourth-order valence-electron chi connectivity index (χ4n) is 1.78. The molecule has 2 aromatic heterocycles. The molecule has 0 amide bonds. The third-order valence-corrected chi connectivity index (χ3v) is 2.64. The Morgan fingerprint density at radius 3 is 2.79 bits per heavy atom. The Balaban J connectivity index is 2.11. The van der Waals surface area contributed by atoms with E-state index in [-0.39, 0.29) is 5.56 Å². The molecule has 1 N–H and O–H groups in total. The molecule has 0 atom stereocenters. The molecule has 2 rings (SSSR count). The number of anilines is 1. The predicted octanol–water partition coefficient (Wildman–Crippen LogP) is 1.91. The monoisotopic (exact) mass is 258 g/mol. The Morgan fingerprint density at radius 1 is 1.26 bits per heavy atom. The predicted molar refractivity (Wildman–Crippen MR) is 74.9 cm³/mol. The summed E-state index contributed by atoms with van der Waals surface area (Å²) in [4.78, 5) is 20.4. The molecule has 0 aliphatic heterocycles. The maximum Gasteiger partial charge on any atom is 0.293 e. The van der Waals surface area contributed by atoms with E-state index in [4.69, 9.17) is 0 Å². The summed E-state index contributed by atoms with van der Waals surface area (Å²) in [6, 6.07) is 5.68. The van der Waals surface area contributed by atoms with E-state index in [0.717, 1.165) is 5.69 Å². The third-order valence-electron chi connectivity index (χ3n) is 2.64. The van der Waals surface area contributed by atoms with Gasteiger partial charge in [-0.3, -0.25) is 9.78 Å². The van der Waals surface area contributed by atoms with Crippen LogP contribution in [0.1, 0.15) is 19.5 Å². The minimum Gasteiger partial charge on any atom is -0.360 e. The van der Waals surface area contributed by atoms with Crippen LogP contribution in [0.4, 0.5) is 5.82 Å².